The number of hydrogen-bond donors (Lipinski definition) is 1. The van der Waals surface area contributed by atoms with Crippen LogP contribution >= 0.6 is 0 Å². The summed E-state index contributed by atoms with van der Waals surface area (Å²) in [7, 11) is 0. The van der Waals surface area contributed by atoms with Crippen molar-refractivity contribution in [2.75, 3.05) is 0 Å². The topological polar surface area (TPSA) is 63.3 Å². The molecule has 0 aliphatic rings. The number of benzene rings is 2. The number of carbonyl (C=O) groups excluding carboxylic acids is 1. The zero-order valence-corrected chi connectivity index (χ0v) is 9.33. The molecule has 0 aliphatic heterocycles. The Bertz CT molecular complexity index is 716. The fourth-order valence-corrected chi connectivity index (χ4v) is 1.81. The molecule has 0 radical (unpaired) electrons. The van der Waals surface area contributed by atoms with Crippen LogP contribution in [0, 0.1) is 0 Å². The van der Waals surface area contributed by atoms with E-state index in [0.717, 1.165) is 0 Å². The SMILES string of the molecule is O=C(c1ccccc1)c1onc2ccc(O)cc12. The largest absolute Gasteiger partial charge is 0.508 e. The van der Waals surface area contributed by atoms with Crippen LogP contribution in [0.2, 0.25) is 0 Å². The first-order valence-electron chi connectivity index (χ1n) is 5.44. The van der Waals surface area contributed by atoms with Crippen LogP contribution in [0.15, 0.2) is 53.1 Å². The van der Waals surface area contributed by atoms with Gasteiger partial charge < -0.3 is 9.63 Å². The lowest BCUT2D eigenvalue weighted by Gasteiger charge is -1.97. The van der Waals surface area contributed by atoms with Crippen LogP contribution in [0.25, 0.3) is 10.9 Å². The fourth-order valence-electron chi connectivity index (χ4n) is 1.81. The molecule has 0 aliphatic carbocycles. The standard InChI is InChI=1S/C14H9NO3/c16-10-6-7-12-11(8-10)14(18-15-12)13(17)9-4-2-1-3-5-9/h1-8,16H. The Kier molecular flexibility index (Phi) is 2.34. The summed E-state index contributed by atoms with van der Waals surface area (Å²) in [6, 6.07) is 13.4. The first-order valence-corrected chi connectivity index (χ1v) is 5.44. The van der Waals surface area contributed by atoms with Crippen LogP contribution in [0.4, 0.5) is 0 Å². The van der Waals surface area contributed by atoms with E-state index in [4.69, 9.17) is 4.52 Å². The Labute approximate surface area is 102 Å². The molecule has 0 saturated carbocycles. The van der Waals surface area contributed by atoms with Crippen molar-refractivity contribution in [3.8, 4) is 5.75 Å². The zero-order chi connectivity index (χ0) is 12.5. The maximum absolute atomic E-state index is 12.2. The Balaban J connectivity index is 2.15. The Morgan fingerprint density at radius 1 is 1.11 bits per heavy atom. The van der Waals surface area contributed by atoms with Crippen LogP contribution in [0.1, 0.15) is 16.1 Å². The number of ketones is 1. The van der Waals surface area contributed by atoms with E-state index >= 15 is 0 Å². The molecule has 0 amide bonds. The lowest BCUT2D eigenvalue weighted by molar-refractivity contribution is 0.100. The third kappa shape index (κ3) is 1.64. The van der Waals surface area contributed by atoms with Crippen LogP contribution in [-0.4, -0.2) is 16.0 Å². The van der Waals surface area contributed by atoms with Gasteiger partial charge in [0.25, 0.3) is 0 Å². The molecule has 0 bridgehead atoms. The minimum Gasteiger partial charge on any atom is -0.508 e. The highest BCUT2D eigenvalue weighted by Crippen LogP contribution is 2.24. The normalized spacial score (nSPS) is 10.7. The van der Waals surface area contributed by atoms with Gasteiger partial charge in [-0.05, 0) is 18.2 Å². The third-order valence-electron chi connectivity index (χ3n) is 2.70. The highest BCUT2D eigenvalue weighted by Gasteiger charge is 2.18. The predicted octanol–water partition coefficient (Wildman–Crippen LogP) is 2.76. The highest BCUT2D eigenvalue weighted by atomic mass is 16.5. The molecule has 2 aromatic carbocycles. The molecule has 0 unspecified atom stereocenters. The van der Waals surface area contributed by atoms with Gasteiger partial charge in [-0.1, -0.05) is 35.5 Å². The summed E-state index contributed by atoms with van der Waals surface area (Å²) in [5.74, 6) is -0.0244. The van der Waals surface area contributed by atoms with Crippen molar-refractivity contribution in [3.63, 3.8) is 0 Å². The molecular weight excluding hydrogens is 230 g/mol. The lowest BCUT2D eigenvalue weighted by Crippen LogP contribution is -1.99. The summed E-state index contributed by atoms with van der Waals surface area (Å²) in [6.07, 6.45) is 0. The van der Waals surface area contributed by atoms with Crippen molar-refractivity contribution in [3.05, 3.63) is 59.9 Å². The smallest absolute Gasteiger partial charge is 0.231 e. The van der Waals surface area contributed by atoms with E-state index in [-0.39, 0.29) is 17.3 Å². The van der Waals surface area contributed by atoms with Gasteiger partial charge in [0.05, 0.1) is 5.39 Å². The van der Waals surface area contributed by atoms with E-state index in [1.54, 1.807) is 30.3 Å². The number of fused-ring (bicyclic) bond motifs is 1. The predicted molar refractivity (Wildman–Crippen MR) is 65.5 cm³/mol. The molecule has 0 spiro atoms. The monoisotopic (exact) mass is 239 g/mol. The minimum atomic E-state index is -0.247. The summed E-state index contributed by atoms with van der Waals surface area (Å²) in [4.78, 5) is 12.2. The molecule has 4 heteroatoms. The van der Waals surface area contributed by atoms with Gasteiger partial charge in [-0.3, -0.25) is 4.79 Å². The second kappa shape index (κ2) is 4.00. The maximum atomic E-state index is 12.2. The second-order valence-corrected chi connectivity index (χ2v) is 3.91. The molecule has 0 saturated heterocycles. The van der Waals surface area contributed by atoms with E-state index in [1.807, 2.05) is 6.07 Å². The van der Waals surface area contributed by atoms with Crippen molar-refractivity contribution in [2.45, 2.75) is 0 Å². The fraction of sp³-hybridized carbons (Fsp3) is 0. The van der Waals surface area contributed by atoms with Crippen molar-refractivity contribution in [1.29, 1.82) is 0 Å². The first-order chi connectivity index (χ1) is 8.75. The molecule has 18 heavy (non-hydrogen) atoms. The number of aromatic nitrogens is 1. The van der Waals surface area contributed by atoms with Crippen LogP contribution < -0.4 is 0 Å². The first kappa shape index (κ1) is 10.5. The van der Waals surface area contributed by atoms with Gasteiger partial charge in [0.2, 0.25) is 11.5 Å². The van der Waals surface area contributed by atoms with E-state index in [2.05, 4.69) is 5.16 Å². The van der Waals surface area contributed by atoms with Crippen molar-refractivity contribution >= 4 is 16.7 Å². The molecule has 1 heterocycles. The number of aromatic hydroxyl groups is 1. The van der Waals surface area contributed by atoms with Gasteiger partial charge >= 0.3 is 0 Å². The van der Waals surface area contributed by atoms with Gasteiger partial charge in [-0.2, -0.15) is 0 Å². The van der Waals surface area contributed by atoms with E-state index in [0.29, 0.717) is 16.5 Å². The molecule has 3 aromatic rings. The average molecular weight is 239 g/mol. The minimum absolute atomic E-state index is 0.0767. The van der Waals surface area contributed by atoms with Gasteiger partial charge in [0.1, 0.15) is 11.3 Å². The van der Waals surface area contributed by atoms with E-state index < -0.39 is 0 Å². The molecule has 1 N–H and O–H groups in total. The highest BCUT2D eigenvalue weighted by molar-refractivity contribution is 6.14. The maximum Gasteiger partial charge on any atom is 0.231 e. The second-order valence-electron chi connectivity index (χ2n) is 3.91. The van der Waals surface area contributed by atoms with Gasteiger partial charge in [0, 0.05) is 5.56 Å². The average Bonchev–Trinajstić information content (AvgIpc) is 2.82. The van der Waals surface area contributed by atoms with Gasteiger partial charge in [0.15, 0.2) is 0 Å². The van der Waals surface area contributed by atoms with E-state index in [9.17, 15) is 9.90 Å². The number of phenolic OH excluding ortho intramolecular Hbond substituents is 1. The summed E-state index contributed by atoms with van der Waals surface area (Å²) >= 11 is 0. The Morgan fingerprint density at radius 2 is 1.89 bits per heavy atom. The number of phenols is 1. The zero-order valence-electron chi connectivity index (χ0n) is 9.33. The summed E-state index contributed by atoms with van der Waals surface area (Å²) in [5.41, 5.74) is 1.07. The molecule has 1 aromatic heterocycles. The Hall–Kier alpha value is -2.62. The molecule has 3 rings (SSSR count). The van der Waals surface area contributed by atoms with Crippen LogP contribution in [0.3, 0.4) is 0 Å². The number of carbonyl (C=O) groups is 1. The van der Waals surface area contributed by atoms with Crippen LogP contribution in [-0.2, 0) is 0 Å². The van der Waals surface area contributed by atoms with Crippen molar-refractivity contribution < 1.29 is 14.4 Å². The number of rotatable bonds is 2. The molecule has 0 fully saturated rings. The number of hydrogen-bond acceptors (Lipinski definition) is 4. The van der Waals surface area contributed by atoms with Gasteiger partial charge in [-0.15, -0.1) is 0 Å². The number of nitrogens with zero attached hydrogens (tertiary/aromatic N) is 1. The molecule has 88 valence electrons. The molecule has 4 nitrogen and oxygen atoms in total. The molecular formula is C14H9NO3. The van der Waals surface area contributed by atoms with E-state index in [1.165, 1.54) is 12.1 Å². The summed E-state index contributed by atoms with van der Waals surface area (Å²) in [5, 5.41) is 13.8. The van der Waals surface area contributed by atoms with Crippen LogP contribution in [0.5, 0.6) is 5.75 Å². The molecule has 0 atom stereocenters. The van der Waals surface area contributed by atoms with Crippen molar-refractivity contribution in [2.24, 2.45) is 0 Å². The lowest BCUT2D eigenvalue weighted by atomic mass is 10.1. The van der Waals surface area contributed by atoms with Crippen molar-refractivity contribution in [1.82, 2.24) is 5.16 Å². The third-order valence-corrected chi connectivity index (χ3v) is 2.70. The Morgan fingerprint density at radius 3 is 2.67 bits per heavy atom. The quantitative estimate of drug-likeness (QED) is 0.698. The summed E-state index contributed by atoms with van der Waals surface area (Å²) in [6.45, 7) is 0. The van der Waals surface area contributed by atoms with Gasteiger partial charge in [-0.25, -0.2) is 0 Å². The summed E-state index contributed by atoms with van der Waals surface area (Å²) < 4.78 is 5.08.